The Hall–Kier alpha value is -4.38. The second-order valence-electron chi connectivity index (χ2n) is 7.47. The monoisotopic (exact) mass is 497 g/mol. The van der Waals surface area contributed by atoms with E-state index in [-0.39, 0.29) is 30.8 Å². The Morgan fingerprint density at radius 2 is 1.89 bits per heavy atom. The van der Waals surface area contributed by atoms with Crippen molar-refractivity contribution < 1.29 is 19.1 Å². The number of aromatic nitrogens is 4. The van der Waals surface area contributed by atoms with Gasteiger partial charge in [-0.25, -0.2) is 19.0 Å². The number of nitrogens with one attached hydrogen (secondary N) is 1. The molecule has 0 aliphatic rings. The molecule has 2 heterocycles. The number of carboxylic acid groups (broad SMARTS) is 1. The first kappa shape index (κ1) is 23.8. The number of oxazole rings is 1. The Labute approximate surface area is 203 Å². The maximum atomic E-state index is 13.0. The van der Waals surface area contributed by atoms with Crippen LogP contribution in [-0.2, 0) is 13.1 Å². The van der Waals surface area contributed by atoms with Crippen LogP contribution >= 0.6 is 11.6 Å². The molecule has 0 atom stereocenters. The maximum absolute atomic E-state index is 13.0. The Kier molecular flexibility index (Phi) is 6.69. The van der Waals surface area contributed by atoms with Gasteiger partial charge in [0.05, 0.1) is 6.54 Å². The van der Waals surface area contributed by atoms with Crippen molar-refractivity contribution in [1.82, 2.24) is 19.1 Å². The summed E-state index contributed by atoms with van der Waals surface area (Å²) in [5.74, 6) is -0.782. The molecule has 0 unspecified atom stereocenters. The molecule has 11 nitrogen and oxygen atoms in total. The van der Waals surface area contributed by atoms with Gasteiger partial charge in [-0.15, -0.1) is 0 Å². The summed E-state index contributed by atoms with van der Waals surface area (Å²) >= 11 is 5.96. The van der Waals surface area contributed by atoms with Gasteiger partial charge in [-0.1, -0.05) is 23.7 Å². The van der Waals surface area contributed by atoms with Crippen LogP contribution in [0, 0.1) is 6.92 Å². The van der Waals surface area contributed by atoms with E-state index < -0.39 is 17.3 Å². The number of nitrogens with zero attached hydrogens (tertiary/aromatic N) is 4. The topological polar surface area (TPSA) is 141 Å². The molecule has 35 heavy (non-hydrogen) atoms. The summed E-state index contributed by atoms with van der Waals surface area (Å²) in [6.07, 6.45) is 0.764. The number of carbonyl (C=O) groups is 1. The molecule has 0 aliphatic carbocycles. The van der Waals surface area contributed by atoms with E-state index in [9.17, 15) is 14.4 Å². The van der Waals surface area contributed by atoms with E-state index in [2.05, 4.69) is 15.3 Å². The van der Waals surface area contributed by atoms with E-state index in [0.717, 1.165) is 16.4 Å². The highest BCUT2D eigenvalue weighted by Gasteiger charge is 2.15. The van der Waals surface area contributed by atoms with Crippen LogP contribution < -0.4 is 21.4 Å². The number of halogens is 1. The summed E-state index contributed by atoms with van der Waals surface area (Å²) in [6.45, 7) is 3.80. The molecule has 4 aromatic rings. The number of benzene rings is 2. The molecule has 2 aromatic heterocycles. The smallest absolute Gasteiger partial charge is 0.399 e. The summed E-state index contributed by atoms with van der Waals surface area (Å²) in [7, 11) is 0. The van der Waals surface area contributed by atoms with Crippen LogP contribution in [0.3, 0.4) is 0 Å². The average molecular weight is 498 g/mol. The standard InChI is InChI=1S/C23H20ClN5O6/c1-3-28-21(32)27-20(29(23(28)33)11-14-4-6-15(24)7-5-14)25-16-8-9-18(13(2)10-16)35-22-26-17(12-34-22)19(30)31/h4-10,12H,3,11H2,1-2H3,(H,30,31)(H,25,27,32). The molecule has 0 saturated carbocycles. The third-order valence-electron chi connectivity index (χ3n) is 5.05. The van der Waals surface area contributed by atoms with Gasteiger partial charge >= 0.3 is 23.4 Å². The van der Waals surface area contributed by atoms with Crippen LogP contribution in [0.1, 0.15) is 28.5 Å². The van der Waals surface area contributed by atoms with Gasteiger partial charge in [-0.3, -0.25) is 4.57 Å². The van der Waals surface area contributed by atoms with Gasteiger partial charge in [-0.2, -0.15) is 9.97 Å². The number of aromatic carboxylic acids is 1. The van der Waals surface area contributed by atoms with E-state index in [1.54, 1.807) is 56.3 Å². The second-order valence-corrected chi connectivity index (χ2v) is 7.91. The molecule has 12 heteroatoms. The van der Waals surface area contributed by atoms with Gasteiger partial charge in [0.15, 0.2) is 5.69 Å². The van der Waals surface area contributed by atoms with E-state index in [4.69, 9.17) is 25.9 Å². The fourth-order valence-electron chi connectivity index (χ4n) is 3.28. The first-order chi connectivity index (χ1) is 16.7. The van der Waals surface area contributed by atoms with E-state index in [1.807, 2.05) is 0 Å². The highest BCUT2D eigenvalue weighted by molar-refractivity contribution is 6.30. The van der Waals surface area contributed by atoms with Gasteiger partial charge < -0.3 is 19.6 Å². The van der Waals surface area contributed by atoms with Crippen molar-refractivity contribution in [2.45, 2.75) is 26.9 Å². The average Bonchev–Trinajstić information content (AvgIpc) is 3.29. The molecule has 0 aliphatic heterocycles. The molecule has 0 radical (unpaired) electrons. The first-order valence-electron chi connectivity index (χ1n) is 10.5. The van der Waals surface area contributed by atoms with Crippen LogP contribution in [-0.4, -0.2) is 30.2 Å². The summed E-state index contributed by atoms with van der Waals surface area (Å²) < 4.78 is 13.0. The second kappa shape index (κ2) is 9.85. The van der Waals surface area contributed by atoms with Crippen LogP contribution in [0.15, 0.2) is 62.7 Å². The highest BCUT2D eigenvalue weighted by Crippen LogP contribution is 2.28. The normalized spacial score (nSPS) is 10.8. The third kappa shape index (κ3) is 5.25. The quantitative estimate of drug-likeness (QED) is 0.373. The summed E-state index contributed by atoms with van der Waals surface area (Å²) in [5.41, 5.74) is 0.552. The van der Waals surface area contributed by atoms with Crippen molar-refractivity contribution in [3.05, 3.63) is 91.5 Å². The fraction of sp³-hybridized carbons (Fsp3) is 0.174. The highest BCUT2D eigenvalue weighted by atomic mass is 35.5. The van der Waals surface area contributed by atoms with Crippen molar-refractivity contribution >= 4 is 29.2 Å². The van der Waals surface area contributed by atoms with E-state index in [1.165, 1.54) is 4.57 Å². The minimum Gasteiger partial charge on any atom is -0.476 e. The van der Waals surface area contributed by atoms with Gasteiger partial charge in [-0.05, 0) is 55.3 Å². The number of rotatable bonds is 8. The summed E-state index contributed by atoms with van der Waals surface area (Å²) in [6, 6.07) is 12.0. The predicted molar refractivity (Wildman–Crippen MR) is 127 cm³/mol. The van der Waals surface area contributed by atoms with Gasteiger partial charge in [0, 0.05) is 17.3 Å². The lowest BCUT2D eigenvalue weighted by atomic mass is 10.2. The molecule has 0 fully saturated rings. The minimum atomic E-state index is -1.23. The molecule has 0 amide bonds. The lowest BCUT2D eigenvalue weighted by molar-refractivity contribution is 0.0690. The summed E-state index contributed by atoms with van der Waals surface area (Å²) in [4.78, 5) is 44.2. The zero-order chi connectivity index (χ0) is 25.1. The molecule has 2 aromatic carbocycles. The number of anilines is 2. The van der Waals surface area contributed by atoms with Crippen LogP contribution in [0.2, 0.25) is 5.02 Å². The predicted octanol–water partition coefficient (Wildman–Crippen LogP) is 3.66. The van der Waals surface area contributed by atoms with Crippen molar-refractivity contribution in [2.24, 2.45) is 0 Å². The SMILES string of the molecule is CCn1c(=O)nc(Nc2ccc(Oc3nc(C(=O)O)co3)c(C)c2)n(Cc2ccc(Cl)cc2)c1=O. The van der Waals surface area contributed by atoms with Gasteiger partial charge in [0.2, 0.25) is 5.95 Å². The molecular weight excluding hydrogens is 478 g/mol. The van der Waals surface area contributed by atoms with Crippen LogP contribution in [0.4, 0.5) is 11.6 Å². The molecule has 0 spiro atoms. The summed E-state index contributed by atoms with van der Waals surface area (Å²) in [5, 5.41) is 12.5. The number of aryl methyl sites for hydroxylation is 1. The third-order valence-corrected chi connectivity index (χ3v) is 5.30. The van der Waals surface area contributed by atoms with Crippen LogP contribution in [0.25, 0.3) is 0 Å². The maximum Gasteiger partial charge on any atom is 0.399 e. The largest absolute Gasteiger partial charge is 0.476 e. The van der Waals surface area contributed by atoms with Crippen molar-refractivity contribution in [3.63, 3.8) is 0 Å². The molecule has 0 saturated heterocycles. The lowest BCUT2D eigenvalue weighted by Crippen LogP contribution is -2.42. The lowest BCUT2D eigenvalue weighted by Gasteiger charge is -2.16. The Morgan fingerprint density at radius 1 is 1.14 bits per heavy atom. The Balaban J connectivity index is 1.64. The van der Waals surface area contributed by atoms with E-state index in [0.29, 0.717) is 22.0 Å². The van der Waals surface area contributed by atoms with Crippen molar-refractivity contribution in [3.8, 4) is 11.8 Å². The Morgan fingerprint density at radius 3 is 2.51 bits per heavy atom. The number of ether oxygens (including phenoxy) is 1. The zero-order valence-electron chi connectivity index (χ0n) is 18.7. The minimum absolute atomic E-state index is 0.0755. The van der Waals surface area contributed by atoms with Crippen molar-refractivity contribution in [1.29, 1.82) is 0 Å². The van der Waals surface area contributed by atoms with Gasteiger partial charge in [0.1, 0.15) is 12.0 Å². The first-order valence-corrected chi connectivity index (χ1v) is 10.8. The van der Waals surface area contributed by atoms with Gasteiger partial charge in [0.25, 0.3) is 0 Å². The molecule has 180 valence electrons. The molecule has 2 N–H and O–H groups in total. The number of carboxylic acids is 1. The molecule has 4 rings (SSSR count). The van der Waals surface area contributed by atoms with Crippen molar-refractivity contribution in [2.75, 3.05) is 5.32 Å². The fourth-order valence-corrected chi connectivity index (χ4v) is 3.40. The molecular formula is C23H20ClN5O6. The molecule has 0 bridgehead atoms. The van der Waals surface area contributed by atoms with Crippen LogP contribution in [0.5, 0.6) is 11.8 Å². The number of hydrogen-bond acceptors (Lipinski definition) is 8. The zero-order valence-corrected chi connectivity index (χ0v) is 19.4. The number of hydrogen-bond donors (Lipinski definition) is 2. The van der Waals surface area contributed by atoms with E-state index >= 15 is 0 Å². The Bertz CT molecular complexity index is 1510.